The second kappa shape index (κ2) is 15.6. The summed E-state index contributed by atoms with van der Waals surface area (Å²) in [5.41, 5.74) is 4.68. The minimum absolute atomic E-state index is 0.137. The number of methoxy groups -OCH3 is 3. The minimum atomic E-state index is -2.12. The maximum absolute atomic E-state index is 13.1. The molecule has 0 amide bonds. The molecule has 0 saturated heterocycles. The van der Waals surface area contributed by atoms with Crippen LogP contribution in [0.2, 0.25) is 5.02 Å². The zero-order chi connectivity index (χ0) is 28.1. The van der Waals surface area contributed by atoms with Crippen molar-refractivity contribution in [1.29, 1.82) is 0 Å². The molecule has 1 unspecified atom stereocenters. The second-order valence-electron chi connectivity index (χ2n) is 8.09. The molecule has 39 heavy (non-hydrogen) atoms. The first-order chi connectivity index (χ1) is 18.9. The van der Waals surface area contributed by atoms with Gasteiger partial charge in [-0.3, -0.25) is 4.89 Å². The summed E-state index contributed by atoms with van der Waals surface area (Å²) in [6.07, 6.45) is 0. The first kappa shape index (κ1) is 30.6. The zero-order valence-corrected chi connectivity index (χ0v) is 23.4. The average Bonchev–Trinajstić information content (AvgIpc) is 2.97. The Kier molecular flexibility index (Phi) is 12.3. The molecule has 0 bridgehead atoms. The average molecular weight is 580 g/mol. The van der Waals surface area contributed by atoms with Gasteiger partial charge in [0.05, 0.1) is 24.3 Å². The number of carbonyl (C=O) groups is 1. The highest BCUT2D eigenvalue weighted by molar-refractivity contribution is 6.34. The van der Waals surface area contributed by atoms with Crippen LogP contribution in [-0.4, -0.2) is 53.7 Å². The summed E-state index contributed by atoms with van der Waals surface area (Å²) in [5.74, 6) is -0.567. The molecule has 210 valence electrons. The number of carbonyl (C=O) groups excluding carboxylic acids is 1. The summed E-state index contributed by atoms with van der Waals surface area (Å²) in [6, 6.07) is 21.5. The number of ether oxygens (including phenoxy) is 5. The summed E-state index contributed by atoms with van der Waals surface area (Å²) < 4.78 is 26.9. The Morgan fingerprint density at radius 3 is 1.95 bits per heavy atom. The zero-order valence-electron chi connectivity index (χ0n) is 21.9. The molecule has 9 nitrogen and oxygen atoms in total. The van der Waals surface area contributed by atoms with Crippen LogP contribution in [0.1, 0.15) is 22.7 Å². The van der Waals surface area contributed by atoms with Gasteiger partial charge in [-0.2, -0.15) is 0 Å². The Balaban J connectivity index is 1.79. The van der Waals surface area contributed by atoms with E-state index in [1.165, 1.54) is 19.2 Å². The fourth-order valence-corrected chi connectivity index (χ4v) is 3.97. The lowest BCUT2D eigenvalue weighted by molar-refractivity contribution is -0.320. The molecule has 0 aliphatic carbocycles. The van der Waals surface area contributed by atoms with Gasteiger partial charge in [0.15, 0.2) is 11.5 Å². The van der Waals surface area contributed by atoms with Crippen molar-refractivity contribution < 1.29 is 38.4 Å². The van der Waals surface area contributed by atoms with Crippen molar-refractivity contribution >= 4 is 29.2 Å². The third-order valence-electron chi connectivity index (χ3n) is 5.55. The van der Waals surface area contributed by atoms with Gasteiger partial charge in [-0.15, -0.1) is 5.48 Å². The van der Waals surface area contributed by atoms with Crippen LogP contribution in [0.4, 0.5) is 0 Å². The Bertz CT molecular complexity index is 1130. The van der Waals surface area contributed by atoms with E-state index in [-0.39, 0.29) is 35.3 Å². The third kappa shape index (κ3) is 8.30. The lowest BCUT2D eigenvalue weighted by Gasteiger charge is -2.25. The third-order valence-corrected chi connectivity index (χ3v) is 6.36. The molecule has 0 aliphatic heterocycles. The van der Waals surface area contributed by atoms with Crippen molar-refractivity contribution in [3.8, 4) is 11.5 Å². The van der Waals surface area contributed by atoms with Gasteiger partial charge < -0.3 is 23.7 Å². The van der Waals surface area contributed by atoms with Crippen LogP contribution in [0.25, 0.3) is 0 Å². The van der Waals surface area contributed by atoms with Crippen LogP contribution in [0, 0.1) is 0 Å². The Hall–Kier alpha value is -2.89. The Morgan fingerprint density at radius 2 is 1.41 bits per heavy atom. The standard InChI is InChI=1S/C28H31Cl2NO8/c1-33-14-16-36-24-19-22(18-23(29)26(24)37-17-15-34-2)28(30,35-3)27(32)38-39-31-25(20-10-6-4-7-11-20)21-12-8-5-9-13-21/h4-13,18-19,25,31H,14-17H2,1-3H3. The predicted octanol–water partition coefficient (Wildman–Crippen LogP) is 5.20. The van der Waals surface area contributed by atoms with Gasteiger partial charge in [-0.25, -0.2) is 4.79 Å². The largest absolute Gasteiger partial charge is 0.487 e. The molecule has 0 spiro atoms. The van der Waals surface area contributed by atoms with Crippen LogP contribution >= 0.6 is 23.2 Å². The van der Waals surface area contributed by atoms with E-state index >= 15 is 0 Å². The molecule has 0 radical (unpaired) electrons. The van der Waals surface area contributed by atoms with Crippen LogP contribution in [-0.2, 0) is 33.9 Å². The summed E-state index contributed by atoms with van der Waals surface area (Å²) in [7, 11) is 4.34. The SMILES string of the molecule is COCCOc1cc(C(Cl)(OC)C(=O)OONC(c2ccccc2)c2ccccc2)cc(Cl)c1OCCOC. The van der Waals surface area contributed by atoms with Gasteiger partial charge in [0, 0.05) is 26.9 Å². The Labute approximate surface area is 237 Å². The van der Waals surface area contributed by atoms with Gasteiger partial charge >= 0.3 is 5.97 Å². The van der Waals surface area contributed by atoms with Gasteiger partial charge in [0.1, 0.15) is 13.2 Å². The molecule has 1 N–H and O–H groups in total. The van der Waals surface area contributed by atoms with Gasteiger partial charge in [-0.1, -0.05) is 88.9 Å². The van der Waals surface area contributed by atoms with Crippen molar-refractivity contribution in [2.45, 2.75) is 11.1 Å². The monoisotopic (exact) mass is 579 g/mol. The Morgan fingerprint density at radius 1 is 0.846 bits per heavy atom. The first-order valence-corrected chi connectivity index (χ1v) is 12.7. The number of alkyl halides is 1. The molecule has 3 aromatic rings. The molecule has 0 aliphatic rings. The van der Waals surface area contributed by atoms with Crippen LogP contribution in [0.5, 0.6) is 11.5 Å². The van der Waals surface area contributed by atoms with E-state index in [9.17, 15) is 4.79 Å². The molecule has 3 rings (SSSR count). The maximum Gasteiger partial charge on any atom is 0.396 e. The van der Waals surface area contributed by atoms with E-state index in [2.05, 4.69) is 5.48 Å². The highest BCUT2D eigenvalue weighted by Gasteiger charge is 2.43. The first-order valence-electron chi connectivity index (χ1n) is 12.0. The second-order valence-corrected chi connectivity index (χ2v) is 9.03. The number of hydrogen-bond acceptors (Lipinski definition) is 9. The number of hydroxylamine groups is 1. The van der Waals surface area contributed by atoms with Crippen LogP contribution < -0.4 is 15.0 Å². The summed E-state index contributed by atoms with van der Waals surface area (Å²) in [4.78, 5) is 23.4. The topological polar surface area (TPSA) is 93.7 Å². The fraction of sp³-hybridized carbons (Fsp3) is 0.321. The van der Waals surface area contributed by atoms with Crippen molar-refractivity contribution in [2.24, 2.45) is 0 Å². The van der Waals surface area contributed by atoms with E-state index in [1.807, 2.05) is 60.7 Å². The molecular formula is C28H31Cl2NO8. The quantitative estimate of drug-likeness (QED) is 0.106. The summed E-state index contributed by atoms with van der Waals surface area (Å²) in [6.45, 7) is 1.05. The lowest BCUT2D eigenvalue weighted by atomic mass is 10.00. The van der Waals surface area contributed by atoms with E-state index in [0.29, 0.717) is 13.2 Å². The number of halogens is 2. The molecule has 0 aromatic heterocycles. The molecule has 11 heteroatoms. The van der Waals surface area contributed by atoms with Gasteiger partial charge in [-0.05, 0) is 23.3 Å². The molecule has 3 aromatic carbocycles. The smallest absolute Gasteiger partial charge is 0.396 e. The highest BCUT2D eigenvalue weighted by atomic mass is 35.5. The van der Waals surface area contributed by atoms with Crippen molar-refractivity contribution in [2.75, 3.05) is 47.8 Å². The van der Waals surface area contributed by atoms with Crippen molar-refractivity contribution in [3.05, 3.63) is 94.5 Å². The minimum Gasteiger partial charge on any atom is -0.487 e. The maximum atomic E-state index is 13.1. The van der Waals surface area contributed by atoms with Crippen molar-refractivity contribution in [3.63, 3.8) is 0 Å². The summed E-state index contributed by atoms with van der Waals surface area (Å²) >= 11 is 13.1. The van der Waals surface area contributed by atoms with E-state index < -0.39 is 17.1 Å². The highest BCUT2D eigenvalue weighted by Crippen LogP contribution is 2.42. The van der Waals surface area contributed by atoms with Gasteiger partial charge in [0.25, 0.3) is 5.06 Å². The molecule has 1 atom stereocenters. The van der Waals surface area contributed by atoms with E-state index in [4.69, 9.17) is 56.8 Å². The van der Waals surface area contributed by atoms with Gasteiger partial charge in [0.2, 0.25) is 0 Å². The predicted molar refractivity (Wildman–Crippen MR) is 146 cm³/mol. The molecule has 0 saturated carbocycles. The number of hydrogen-bond donors (Lipinski definition) is 1. The fourth-order valence-electron chi connectivity index (χ4n) is 3.57. The van der Waals surface area contributed by atoms with Crippen LogP contribution in [0.3, 0.4) is 0 Å². The molecule has 0 fully saturated rings. The molecular weight excluding hydrogens is 549 g/mol. The number of benzene rings is 3. The molecule has 0 heterocycles. The van der Waals surface area contributed by atoms with Crippen LogP contribution in [0.15, 0.2) is 72.8 Å². The summed E-state index contributed by atoms with van der Waals surface area (Å²) in [5, 5.41) is -1.98. The lowest BCUT2D eigenvalue weighted by Crippen LogP contribution is -2.36. The number of rotatable bonds is 16. The van der Waals surface area contributed by atoms with E-state index in [0.717, 1.165) is 11.1 Å². The van der Waals surface area contributed by atoms with Crippen molar-refractivity contribution in [1.82, 2.24) is 5.48 Å². The van der Waals surface area contributed by atoms with E-state index in [1.54, 1.807) is 14.2 Å². The normalized spacial score (nSPS) is 12.7. The number of nitrogens with one attached hydrogen (secondary N) is 1.